The van der Waals surface area contributed by atoms with Gasteiger partial charge < -0.3 is 10.6 Å². The van der Waals surface area contributed by atoms with Crippen molar-refractivity contribution >= 4 is 22.7 Å². The minimum absolute atomic E-state index is 0.346. The monoisotopic (exact) mass is 356 g/mol. The third-order valence-corrected chi connectivity index (χ3v) is 3.30. The van der Waals surface area contributed by atoms with E-state index < -0.39 is 43.2 Å². The first-order valence-electron chi connectivity index (χ1n) is 7.22. The molecule has 0 bridgehead atoms. The van der Waals surface area contributed by atoms with Crippen LogP contribution >= 0.6 is 0 Å². The minimum Gasteiger partial charge on any atom is -0.345 e. The van der Waals surface area contributed by atoms with E-state index in [1.807, 2.05) is 0 Å². The van der Waals surface area contributed by atoms with Crippen molar-refractivity contribution in [2.24, 2.45) is 0 Å². The van der Waals surface area contributed by atoms with Crippen LogP contribution in [0.5, 0.6) is 0 Å². The number of hydrogen-bond acceptors (Lipinski definition) is 4. The van der Waals surface area contributed by atoms with Crippen molar-refractivity contribution in [1.82, 2.24) is 20.2 Å². The van der Waals surface area contributed by atoms with E-state index in [1.165, 1.54) is 6.33 Å². The number of carbonyl (C=O) groups excluding carboxylic acids is 2. The van der Waals surface area contributed by atoms with E-state index in [-0.39, 0.29) is 0 Å². The first-order valence-corrected chi connectivity index (χ1v) is 7.22. The van der Waals surface area contributed by atoms with Crippen LogP contribution < -0.4 is 16.2 Å². The molecule has 0 saturated heterocycles. The molecule has 0 atom stereocenters. The van der Waals surface area contributed by atoms with Crippen LogP contribution in [0.1, 0.15) is 5.56 Å². The first-order chi connectivity index (χ1) is 11.7. The number of para-hydroxylation sites is 1. The van der Waals surface area contributed by atoms with E-state index in [1.54, 1.807) is 30.4 Å². The lowest BCUT2D eigenvalue weighted by Gasteiger charge is -2.10. The van der Waals surface area contributed by atoms with E-state index in [0.717, 1.165) is 10.1 Å². The molecule has 0 aliphatic carbocycles. The number of aryl methyl sites for hydroxylation is 1. The summed E-state index contributed by atoms with van der Waals surface area (Å²) >= 11 is 0. The molecular formula is C15H15F3N4O3. The van der Waals surface area contributed by atoms with Crippen molar-refractivity contribution in [3.8, 4) is 0 Å². The average molecular weight is 356 g/mol. The molecule has 0 fully saturated rings. The van der Waals surface area contributed by atoms with Gasteiger partial charge in [-0.25, -0.2) is 4.98 Å². The molecule has 0 aliphatic rings. The van der Waals surface area contributed by atoms with Gasteiger partial charge in [-0.3, -0.25) is 19.0 Å². The number of nitrogens with one attached hydrogen (secondary N) is 2. The smallest absolute Gasteiger partial charge is 0.345 e. The Labute approximate surface area is 139 Å². The molecule has 2 N–H and O–H groups in total. The van der Waals surface area contributed by atoms with E-state index in [2.05, 4.69) is 10.3 Å². The van der Waals surface area contributed by atoms with E-state index in [4.69, 9.17) is 0 Å². The van der Waals surface area contributed by atoms with Gasteiger partial charge in [-0.15, -0.1) is 0 Å². The molecule has 25 heavy (non-hydrogen) atoms. The van der Waals surface area contributed by atoms with E-state index in [0.29, 0.717) is 10.9 Å². The lowest BCUT2D eigenvalue weighted by Crippen LogP contribution is -2.42. The van der Waals surface area contributed by atoms with Gasteiger partial charge in [0.1, 0.15) is 13.1 Å². The second-order valence-electron chi connectivity index (χ2n) is 5.32. The zero-order valence-corrected chi connectivity index (χ0v) is 13.2. The summed E-state index contributed by atoms with van der Waals surface area (Å²) in [4.78, 5) is 39.4. The van der Waals surface area contributed by atoms with Crippen molar-refractivity contribution in [3.63, 3.8) is 0 Å². The fourth-order valence-corrected chi connectivity index (χ4v) is 2.10. The van der Waals surface area contributed by atoms with Crippen LogP contribution in [0.3, 0.4) is 0 Å². The maximum atomic E-state index is 12.3. The van der Waals surface area contributed by atoms with E-state index >= 15 is 0 Å². The fourth-order valence-electron chi connectivity index (χ4n) is 2.10. The van der Waals surface area contributed by atoms with Gasteiger partial charge in [-0.2, -0.15) is 13.2 Å². The number of halogens is 3. The summed E-state index contributed by atoms with van der Waals surface area (Å²) in [6.45, 7) is -0.702. The van der Waals surface area contributed by atoms with Crippen LogP contribution in [0.2, 0.25) is 0 Å². The number of fused-ring (bicyclic) bond motifs is 1. The van der Waals surface area contributed by atoms with Crippen molar-refractivity contribution in [3.05, 3.63) is 40.4 Å². The van der Waals surface area contributed by atoms with Gasteiger partial charge in [-0.1, -0.05) is 12.1 Å². The standard InChI is InChI=1S/C15H15F3N4O3/c1-9-3-2-4-10-13(9)21-8-22(14(10)25)6-12(24)19-5-11(23)20-7-15(16,17)18/h2-4,8H,5-7H2,1H3,(H,19,24)(H,20,23). The van der Waals surface area contributed by atoms with Crippen LogP contribution in [0, 0.1) is 6.92 Å². The number of carbonyl (C=O) groups is 2. The number of hydrogen-bond donors (Lipinski definition) is 2. The summed E-state index contributed by atoms with van der Waals surface area (Å²) in [5.41, 5.74) is 0.911. The molecule has 134 valence electrons. The highest BCUT2D eigenvalue weighted by atomic mass is 19.4. The third kappa shape index (κ3) is 5.03. The van der Waals surface area contributed by atoms with E-state index in [9.17, 15) is 27.6 Å². The Morgan fingerprint density at radius 1 is 1.20 bits per heavy atom. The van der Waals surface area contributed by atoms with Crippen LogP contribution in [0.25, 0.3) is 10.9 Å². The second-order valence-corrected chi connectivity index (χ2v) is 5.32. The highest BCUT2D eigenvalue weighted by molar-refractivity contribution is 5.85. The maximum Gasteiger partial charge on any atom is 0.405 e. The van der Waals surface area contributed by atoms with Crippen molar-refractivity contribution < 1.29 is 22.8 Å². The normalized spacial score (nSPS) is 11.4. The fraction of sp³-hybridized carbons (Fsp3) is 0.333. The molecule has 0 radical (unpaired) electrons. The Balaban J connectivity index is 1.97. The minimum atomic E-state index is -4.53. The summed E-state index contributed by atoms with van der Waals surface area (Å²) in [5, 5.41) is 4.12. The van der Waals surface area contributed by atoms with Crippen LogP contribution in [-0.2, 0) is 16.1 Å². The number of nitrogens with zero attached hydrogens (tertiary/aromatic N) is 2. The maximum absolute atomic E-state index is 12.3. The molecule has 0 saturated carbocycles. The average Bonchev–Trinajstić information content (AvgIpc) is 2.53. The Hall–Kier alpha value is -2.91. The van der Waals surface area contributed by atoms with Crippen LogP contribution in [0.15, 0.2) is 29.3 Å². The molecule has 0 aliphatic heterocycles. The van der Waals surface area contributed by atoms with Crippen molar-refractivity contribution in [1.29, 1.82) is 0 Å². The predicted molar refractivity (Wildman–Crippen MR) is 82.8 cm³/mol. The molecular weight excluding hydrogens is 341 g/mol. The molecule has 2 aromatic rings. The van der Waals surface area contributed by atoms with Crippen LogP contribution in [0.4, 0.5) is 13.2 Å². The number of aromatic nitrogens is 2. The lowest BCUT2D eigenvalue weighted by molar-refractivity contribution is -0.138. The van der Waals surface area contributed by atoms with Crippen molar-refractivity contribution in [2.45, 2.75) is 19.6 Å². The zero-order valence-electron chi connectivity index (χ0n) is 13.2. The first kappa shape index (κ1) is 18.4. The zero-order chi connectivity index (χ0) is 18.6. The molecule has 10 heteroatoms. The molecule has 0 unspecified atom stereocenters. The van der Waals surface area contributed by atoms with Gasteiger partial charge in [0.05, 0.1) is 23.8 Å². The number of amides is 2. The topological polar surface area (TPSA) is 93.1 Å². The number of alkyl halides is 3. The predicted octanol–water partition coefficient (Wildman–Crippen LogP) is 0.500. The Kier molecular flexibility index (Phi) is 5.40. The van der Waals surface area contributed by atoms with Gasteiger partial charge in [0.25, 0.3) is 5.56 Å². The summed E-state index contributed by atoms with van der Waals surface area (Å²) in [6, 6.07) is 5.07. The summed E-state index contributed by atoms with van der Waals surface area (Å²) in [5.74, 6) is -1.68. The lowest BCUT2D eigenvalue weighted by atomic mass is 10.1. The Bertz CT molecular complexity index is 861. The summed E-state index contributed by atoms with van der Waals surface area (Å²) in [6.07, 6.45) is -3.32. The van der Waals surface area contributed by atoms with Gasteiger partial charge in [-0.05, 0) is 18.6 Å². The highest BCUT2D eigenvalue weighted by Crippen LogP contribution is 2.12. The SMILES string of the molecule is Cc1cccc2c(=O)n(CC(=O)NCC(=O)NCC(F)(F)F)cnc12. The highest BCUT2D eigenvalue weighted by Gasteiger charge is 2.27. The molecule has 2 rings (SSSR count). The molecule has 7 nitrogen and oxygen atoms in total. The molecule has 0 spiro atoms. The second kappa shape index (κ2) is 7.32. The van der Waals surface area contributed by atoms with Crippen LogP contribution in [-0.4, -0.2) is 40.6 Å². The largest absolute Gasteiger partial charge is 0.405 e. The van der Waals surface area contributed by atoms with Gasteiger partial charge >= 0.3 is 6.18 Å². The van der Waals surface area contributed by atoms with Gasteiger partial charge in [0, 0.05) is 0 Å². The summed E-state index contributed by atoms with van der Waals surface area (Å²) in [7, 11) is 0. The van der Waals surface area contributed by atoms with Gasteiger partial charge in [0.15, 0.2) is 0 Å². The molecule has 2 amide bonds. The number of benzene rings is 1. The molecule has 1 aromatic heterocycles. The molecule has 1 aromatic carbocycles. The van der Waals surface area contributed by atoms with Crippen molar-refractivity contribution in [2.75, 3.05) is 13.1 Å². The van der Waals surface area contributed by atoms with Gasteiger partial charge in [0.2, 0.25) is 11.8 Å². The molecule has 1 heterocycles. The third-order valence-electron chi connectivity index (χ3n) is 3.30. The Morgan fingerprint density at radius 3 is 2.60 bits per heavy atom. The summed E-state index contributed by atoms with van der Waals surface area (Å²) < 4.78 is 36.9. The number of rotatable bonds is 5. The quantitative estimate of drug-likeness (QED) is 0.816. The Morgan fingerprint density at radius 2 is 1.92 bits per heavy atom.